The van der Waals surface area contributed by atoms with Gasteiger partial charge in [0.2, 0.25) is 0 Å². The summed E-state index contributed by atoms with van der Waals surface area (Å²) in [5, 5.41) is 0. The lowest BCUT2D eigenvalue weighted by Gasteiger charge is -1.85. The van der Waals surface area contributed by atoms with Crippen molar-refractivity contribution in [1.29, 1.82) is 0 Å². The Hall–Kier alpha value is 0.180. The molecule has 1 aromatic rings. The third-order valence-electron chi connectivity index (χ3n) is 0.674. The molecule has 2 radical (unpaired) electrons. The van der Waals surface area contributed by atoms with Gasteiger partial charge in [-0.25, -0.2) is 0 Å². The second-order valence-electron chi connectivity index (χ2n) is 1.28. The van der Waals surface area contributed by atoms with Crippen LogP contribution in [-0.2, 0) is 0 Å². The fraction of sp³-hybridized carbons (Fsp3) is 0. The van der Waals surface area contributed by atoms with Crippen LogP contribution in [0.3, 0.4) is 0 Å². The molecule has 0 aliphatic carbocycles. The predicted octanol–water partition coefficient (Wildman–Crippen LogP) is 2.81. The summed E-state index contributed by atoms with van der Waals surface area (Å²) in [6.07, 6.45) is 0. The van der Waals surface area contributed by atoms with E-state index in [4.69, 9.17) is 0 Å². The van der Waals surface area contributed by atoms with Gasteiger partial charge in [0.1, 0.15) is 0 Å². The molecule has 0 saturated carbocycles. The number of benzene rings is 1. The van der Waals surface area contributed by atoms with Gasteiger partial charge in [0.15, 0.2) is 0 Å². The van der Waals surface area contributed by atoms with Gasteiger partial charge >= 0.3 is 0 Å². The monoisotopic (exact) mass is 232 g/mol. The molecule has 1 aromatic carbocycles. The first-order valence-corrected chi connectivity index (χ1v) is 3.62. The van der Waals surface area contributed by atoms with Crippen LogP contribution in [0.2, 0.25) is 0 Å². The molecule has 0 fully saturated rings. The summed E-state index contributed by atoms with van der Waals surface area (Å²) >= 11 is 6.48. The van der Waals surface area contributed by atoms with Crippen molar-refractivity contribution in [3.05, 3.63) is 33.2 Å². The Morgan fingerprint density at radius 1 is 1.12 bits per heavy atom. The van der Waals surface area contributed by atoms with E-state index in [2.05, 4.69) is 44.0 Å². The van der Waals surface area contributed by atoms with Gasteiger partial charge in [-0.3, -0.25) is 0 Å². The smallest absolute Gasteiger partial charge is 0.0333 e. The van der Waals surface area contributed by atoms with E-state index in [-0.39, 0.29) is 0 Å². The highest BCUT2D eigenvalue weighted by Gasteiger charge is 1.84. The Balaban J connectivity index is 3.03. The number of hydrogen-bond donors (Lipinski definition) is 0. The molecule has 2 heteroatoms. The SMILES string of the molecule is Brc1[c]cc(Br)c[c]1. The molecule has 0 saturated heterocycles. The quantitative estimate of drug-likeness (QED) is 0.647. The minimum Gasteiger partial charge on any atom is -0.0508 e. The molecule has 0 aliphatic rings. The van der Waals surface area contributed by atoms with Gasteiger partial charge in [-0.2, -0.15) is 0 Å². The van der Waals surface area contributed by atoms with Crippen molar-refractivity contribution in [2.75, 3.05) is 0 Å². The lowest BCUT2D eigenvalue weighted by atomic mass is 10.4. The Morgan fingerprint density at radius 2 is 1.62 bits per heavy atom. The van der Waals surface area contributed by atoms with Gasteiger partial charge in [0.05, 0.1) is 0 Å². The first-order valence-electron chi connectivity index (χ1n) is 2.03. The zero-order valence-electron chi connectivity index (χ0n) is 3.91. The second-order valence-corrected chi connectivity index (χ2v) is 2.98. The largest absolute Gasteiger partial charge is 0.0508 e. The van der Waals surface area contributed by atoms with Crippen LogP contribution >= 0.6 is 31.9 Å². The minimum absolute atomic E-state index is 0.862. The lowest BCUT2D eigenvalue weighted by molar-refractivity contribution is 1.57. The summed E-state index contributed by atoms with van der Waals surface area (Å²) in [6, 6.07) is 9.50. The molecule has 0 atom stereocenters. The highest BCUT2D eigenvalue weighted by Crippen LogP contribution is 2.12. The molecule has 0 aliphatic heterocycles. The van der Waals surface area contributed by atoms with Gasteiger partial charge in [0, 0.05) is 8.95 Å². The van der Waals surface area contributed by atoms with Crippen molar-refractivity contribution in [2.45, 2.75) is 0 Å². The summed E-state index contributed by atoms with van der Waals surface area (Å²) in [5.41, 5.74) is 0. The summed E-state index contributed by atoms with van der Waals surface area (Å²) < 4.78 is 1.86. The average Bonchev–Trinajstić information content (AvgIpc) is 1.77. The summed E-state index contributed by atoms with van der Waals surface area (Å²) in [4.78, 5) is 0. The van der Waals surface area contributed by atoms with Gasteiger partial charge in [-0.05, 0) is 40.2 Å². The molecule has 0 bridgehead atoms. The van der Waals surface area contributed by atoms with Crippen LogP contribution in [0.1, 0.15) is 0 Å². The Morgan fingerprint density at radius 3 is 2.00 bits per heavy atom. The van der Waals surface area contributed by atoms with Crippen LogP contribution in [0.15, 0.2) is 21.1 Å². The minimum atomic E-state index is 0.862. The highest BCUT2D eigenvalue weighted by molar-refractivity contribution is 9.11. The van der Waals surface area contributed by atoms with Gasteiger partial charge in [-0.15, -0.1) is 0 Å². The van der Waals surface area contributed by atoms with E-state index >= 15 is 0 Å². The van der Waals surface area contributed by atoms with E-state index in [1.165, 1.54) is 0 Å². The van der Waals surface area contributed by atoms with E-state index in [9.17, 15) is 0 Å². The van der Waals surface area contributed by atoms with Crippen LogP contribution in [-0.4, -0.2) is 0 Å². The molecule has 0 nitrogen and oxygen atoms in total. The number of hydrogen-bond acceptors (Lipinski definition) is 0. The third-order valence-corrected chi connectivity index (χ3v) is 1.59. The maximum absolute atomic E-state index is 3.26. The topological polar surface area (TPSA) is 0 Å². The molecule has 8 heavy (non-hydrogen) atoms. The summed E-state index contributed by atoms with van der Waals surface area (Å²) in [6.45, 7) is 0. The molecular formula is C6H2Br2. The van der Waals surface area contributed by atoms with Crippen molar-refractivity contribution in [2.24, 2.45) is 0 Å². The standard InChI is InChI=1S/C6H2Br2/c7-5-1-2-6(8)4-3-5/h1,3H. The van der Waals surface area contributed by atoms with Crippen molar-refractivity contribution < 1.29 is 0 Å². The second kappa shape index (κ2) is 2.65. The molecule has 0 N–H and O–H groups in total. The van der Waals surface area contributed by atoms with Crippen molar-refractivity contribution >= 4 is 31.9 Å². The van der Waals surface area contributed by atoms with Crippen molar-refractivity contribution in [3.8, 4) is 0 Å². The van der Waals surface area contributed by atoms with Crippen LogP contribution in [0.25, 0.3) is 0 Å². The van der Waals surface area contributed by atoms with Gasteiger partial charge in [-0.1, -0.05) is 15.9 Å². The Labute approximate surface area is 65.2 Å². The lowest BCUT2D eigenvalue weighted by Crippen LogP contribution is -1.63. The molecule has 0 unspecified atom stereocenters. The number of rotatable bonds is 0. The summed E-state index contributed by atoms with van der Waals surface area (Å²) in [7, 11) is 0. The molecule has 0 amide bonds. The van der Waals surface area contributed by atoms with E-state index in [1.54, 1.807) is 0 Å². The van der Waals surface area contributed by atoms with E-state index in [0.29, 0.717) is 0 Å². The highest BCUT2D eigenvalue weighted by atomic mass is 79.9. The fourth-order valence-corrected chi connectivity index (χ4v) is 0.806. The molecule has 40 valence electrons. The maximum atomic E-state index is 3.26. The van der Waals surface area contributed by atoms with Crippen LogP contribution < -0.4 is 0 Å². The van der Waals surface area contributed by atoms with E-state index in [1.807, 2.05) is 12.1 Å². The van der Waals surface area contributed by atoms with E-state index in [0.717, 1.165) is 8.95 Å². The first-order chi connectivity index (χ1) is 3.79. The molecule has 0 aromatic heterocycles. The van der Waals surface area contributed by atoms with Gasteiger partial charge in [0.25, 0.3) is 0 Å². The zero-order chi connectivity index (χ0) is 5.98. The normalized spacial score (nSPS) is 9.25. The van der Waals surface area contributed by atoms with Crippen LogP contribution in [0.4, 0.5) is 0 Å². The average molecular weight is 234 g/mol. The van der Waals surface area contributed by atoms with Crippen molar-refractivity contribution in [1.82, 2.24) is 0 Å². The molecule has 0 spiro atoms. The third kappa shape index (κ3) is 1.60. The Bertz CT molecular complexity index is 145. The Kier molecular flexibility index (Phi) is 2.08. The zero-order valence-corrected chi connectivity index (χ0v) is 7.08. The predicted molar refractivity (Wildman–Crippen MR) is 39.5 cm³/mol. The number of halogens is 2. The molecule has 0 heterocycles. The van der Waals surface area contributed by atoms with Gasteiger partial charge < -0.3 is 0 Å². The van der Waals surface area contributed by atoms with Crippen molar-refractivity contribution in [3.63, 3.8) is 0 Å². The first kappa shape index (κ1) is 6.30. The van der Waals surface area contributed by atoms with Crippen LogP contribution in [0, 0.1) is 12.1 Å². The molecular weight excluding hydrogens is 232 g/mol. The fourth-order valence-electron chi connectivity index (χ4n) is 0.348. The van der Waals surface area contributed by atoms with Crippen LogP contribution in [0.5, 0.6) is 0 Å². The summed E-state index contributed by atoms with van der Waals surface area (Å²) in [5.74, 6) is 0. The van der Waals surface area contributed by atoms with E-state index < -0.39 is 0 Å². The molecule has 1 rings (SSSR count). The maximum Gasteiger partial charge on any atom is 0.0333 e.